The predicted octanol–water partition coefficient (Wildman–Crippen LogP) is 3.63. The standard InChI is InChI=1S/C20H24N2O4S/c1-3-24-12-13-26-18-7-5-6-15(14-18)19(23)22-20(27)21-16-8-10-17(11-9-16)25-4-2/h5-11,14H,3-4,12-13H2,1-2H3,(H2,21,22,23,27). The SMILES string of the molecule is CCOCCOc1cccc(C(=O)NC(=S)Nc2ccc(OCC)cc2)c1. The number of hydrogen-bond acceptors (Lipinski definition) is 5. The molecule has 27 heavy (non-hydrogen) atoms. The van der Waals surface area contributed by atoms with Crippen LogP contribution < -0.4 is 20.1 Å². The molecule has 0 aliphatic carbocycles. The molecule has 144 valence electrons. The van der Waals surface area contributed by atoms with Gasteiger partial charge in [-0.2, -0.15) is 0 Å². The van der Waals surface area contributed by atoms with Crippen LogP contribution in [0.15, 0.2) is 48.5 Å². The maximum Gasteiger partial charge on any atom is 0.257 e. The van der Waals surface area contributed by atoms with E-state index in [1.165, 1.54) is 0 Å². The quantitative estimate of drug-likeness (QED) is 0.505. The Morgan fingerprint density at radius 1 is 0.963 bits per heavy atom. The van der Waals surface area contributed by atoms with Crippen LogP contribution in [0.25, 0.3) is 0 Å². The van der Waals surface area contributed by atoms with E-state index >= 15 is 0 Å². The number of amides is 1. The molecule has 0 bridgehead atoms. The van der Waals surface area contributed by atoms with Crippen molar-refractivity contribution in [3.05, 3.63) is 54.1 Å². The lowest BCUT2D eigenvalue weighted by molar-refractivity contribution is 0.0976. The van der Waals surface area contributed by atoms with E-state index in [-0.39, 0.29) is 11.0 Å². The van der Waals surface area contributed by atoms with Crippen molar-refractivity contribution < 1.29 is 19.0 Å². The Hall–Kier alpha value is -2.64. The van der Waals surface area contributed by atoms with E-state index in [1.54, 1.807) is 24.3 Å². The predicted molar refractivity (Wildman–Crippen MR) is 110 cm³/mol. The molecule has 0 saturated carbocycles. The summed E-state index contributed by atoms with van der Waals surface area (Å²) in [6, 6.07) is 14.2. The summed E-state index contributed by atoms with van der Waals surface area (Å²) in [6.07, 6.45) is 0. The maximum atomic E-state index is 12.4. The number of carbonyl (C=O) groups excluding carboxylic acids is 1. The van der Waals surface area contributed by atoms with Gasteiger partial charge in [-0.1, -0.05) is 6.07 Å². The maximum absolute atomic E-state index is 12.4. The van der Waals surface area contributed by atoms with Crippen molar-refractivity contribution in [1.29, 1.82) is 0 Å². The van der Waals surface area contributed by atoms with E-state index < -0.39 is 0 Å². The Morgan fingerprint density at radius 3 is 2.44 bits per heavy atom. The molecular formula is C20H24N2O4S. The third kappa shape index (κ3) is 7.24. The van der Waals surface area contributed by atoms with Crippen LogP contribution in [0.3, 0.4) is 0 Å². The van der Waals surface area contributed by atoms with E-state index in [1.807, 2.05) is 38.1 Å². The molecule has 0 saturated heterocycles. The number of anilines is 1. The summed E-state index contributed by atoms with van der Waals surface area (Å²) in [4.78, 5) is 12.4. The van der Waals surface area contributed by atoms with Gasteiger partial charge in [-0.15, -0.1) is 0 Å². The number of ether oxygens (including phenoxy) is 3. The zero-order chi connectivity index (χ0) is 19.5. The highest BCUT2D eigenvalue weighted by molar-refractivity contribution is 7.80. The number of carbonyl (C=O) groups is 1. The average molecular weight is 388 g/mol. The molecule has 0 aliphatic heterocycles. The fourth-order valence-corrected chi connectivity index (χ4v) is 2.44. The van der Waals surface area contributed by atoms with E-state index in [2.05, 4.69) is 10.6 Å². The minimum absolute atomic E-state index is 0.215. The van der Waals surface area contributed by atoms with E-state index in [9.17, 15) is 4.79 Å². The van der Waals surface area contributed by atoms with Gasteiger partial charge in [0.15, 0.2) is 5.11 Å². The first kappa shape index (κ1) is 20.7. The van der Waals surface area contributed by atoms with Crippen LogP contribution in [0.1, 0.15) is 24.2 Å². The Kier molecular flexibility index (Phi) is 8.54. The van der Waals surface area contributed by atoms with E-state index in [0.29, 0.717) is 37.7 Å². The smallest absolute Gasteiger partial charge is 0.257 e. The molecule has 1 amide bonds. The zero-order valence-corrected chi connectivity index (χ0v) is 16.3. The highest BCUT2D eigenvalue weighted by atomic mass is 32.1. The van der Waals surface area contributed by atoms with Crippen molar-refractivity contribution in [3.8, 4) is 11.5 Å². The Labute approximate surface area is 164 Å². The van der Waals surface area contributed by atoms with E-state index in [0.717, 1.165) is 11.4 Å². The lowest BCUT2D eigenvalue weighted by Gasteiger charge is -2.11. The molecule has 0 radical (unpaired) electrons. The lowest BCUT2D eigenvalue weighted by Crippen LogP contribution is -2.34. The topological polar surface area (TPSA) is 68.8 Å². The summed E-state index contributed by atoms with van der Waals surface area (Å²) in [7, 11) is 0. The molecule has 0 unspecified atom stereocenters. The Bertz CT molecular complexity index is 750. The second-order valence-corrected chi connectivity index (χ2v) is 5.85. The van der Waals surface area contributed by atoms with Crippen LogP contribution in [0, 0.1) is 0 Å². The largest absolute Gasteiger partial charge is 0.494 e. The van der Waals surface area contributed by atoms with Gasteiger partial charge >= 0.3 is 0 Å². The van der Waals surface area contributed by atoms with Crippen LogP contribution in [-0.2, 0) is 4.74 Å². The van der Waals surface area contributed by atoms with Crippen LogP contribution in [0.5, 0.6) is 11.5 Å². The third-order valence-electron chi connectivity index (χ3n) is 3.45. The number of thiocarbonyl (C=S) groups is 1. The molecule has 0 spiro atoms. The molecule has 2 aromatic rings. The Balaban J connectivity index is 1.87. The van der Waals surface area contributed by atoms with Crippen LogP contribution in [0.4, 0.5) is 5.69 Å². The summed E-state index contributed by atoms with van der Waals surface area (Å²) in [5, 5.41) is 5.84. The first-order valence-electron chi connectivity index (χ1n) is 8.78. The normalized spacial score (nSPS) is 10.1. The van der Waals surface area contributed by atoms with Gasteiger partial charge < -0.3 is 19.5 Å². The average Bonchev–Trinajstić information content (AvgIpc) is 2.67. The van der Waals surface area contributed by atoms with Crippen molar-refractivity contribution in [2.45, 2.75) is 13.8 Å². The summed E-state index contributed by atoms with van der Waals surface area (Å²) >= 11 is 5.21. The van der Waals surface area contributed by atoms with Crippen LogP contribution in [0.2, 0.25) is 0 Å². The molecule has 0 aromatic heterocycles. The minimum Gasteiger partial charge on any atom is -0.494 e. The minimum atomic E-state index is -0.311. The second kappa shape index (κ2) is 11.2. The van der Waals surface area contributed by atoms with Crippen LogP contribution in [-0.4, -0.2) is 37.4 Å². The van der Waals surface area contributed by atoms with Gasteiger partial charge in [0.1, 0.15) is 18.1 Å². The molecule has 0 aliphatic rings. The van der Waals surface area contributed by atoms with Gasteiger partial charge in [0.05, 0.1) is 13.2 Å². The zero-order valence-electron chi connectivity index (χ0n) is 15.5. The first-order chi connectivity index (χ1) is 13.1. The number of rotatable bonds is 9. The van der Waals surface area contributed by atoms with Crippen molar-refractivity contribution in [1.82, 2.24) is 5.32 Å². The summed E-state index contributed by atoms with van der Waals surface area (Å²) in [5.41, 5.74) is 1.22. The molecule has 0 heterocycles. The number of benzene rings is 2. The van der Waals surface area contributed by atoms with Gasteiger partial charge in [-0.05, 0) is 68.5 Å². The van der Waals surface area contributed by atoms with Crippen molar-refractivity contribution in [2.75, 3.05) is 31.7 Å². The van der Waals surface area contributed by atoms with Crippen molar-refractivity contribution in [3.63, 3.8) is 0 Å². The molecule has 2 aromatic carbocycles. The van der Waals surface area contributed by atoms with Gasteiger partial charge in [0.25, 0.3) is 5.91 Å². The number of hydrogen-bond donors (Lipinski definition) is 2. The molecule has 6 nitrogen and oxygen atoms in total. The highest BCUT2D eigenvalue weighted by Gasteiger charge is 2.09. The van der Waals surface area contributed by atoms with Crippen molar-refractivity contribution in [2.24, 2.45) is 0 Å². The fraction of sp³-hybridized carbons (Fsp3) is 0.300. The highest BCUT2D eigenvalue weighted by Crippen LogP contribution is 2.16. The van der Waals surface area contributed by atoms with Gasteiger partial charge in [-0.3, -0.25) is 10.1 Å². The molecule has 0 atom stereocenters. The lowest BCUT2D eigenvalue weighted by atomic mass is 10.2. The van der Waals surface area contributed by atoms with Gasteiger partial charge in [0.2, 0.25) is 0 Å². The van der Waals surface area contributed by atoms with Crippen LogP contribution >= 0.6 is 12.2 Å². The summed E-state index contributed by atoms with van der Waals surface area (Å²) < 4.78 is 16.2. The number of nitrogens with one attached hydrogen (secondary N) is 2. The molecular weight excluding hydrogens is 364 g/mol. The second-order valence-electron chi connectivity index (χ2n) is 5.44. The Morgan fingerprint density at radius 2 is 1.74 bits per heavy atom. The monoisotopic (exact) mass is 388 g/mol. The molecule has 2 rings (SSSR count). The molecule has 7 heteroatoms. The van der Waals surface area contributed by atoms with Crippen molar-refractivity contribution >= 4 is 28.9 Å². The van der Waals surface area contributed by atoms with E-state index in [4.69, 9.17) is 26.4 Å². The summed E-state index contributed by atoms with van der Waals surface area (Å²) in [6.45, 7) is 6.03. The van der Waals surface area contributed by atoms with Gasteiger partial charge in [0, 0.05) is 17.9 Å². The summed E-state index contributed by atoms with van der Waals surface area (Å²) in [5.74, 6) is 1.07. The fourth-order valence-electron chi connectivity index (χ4n) is 2.23. The molecule has 0 fully saturated rings. The third-order valence-corrected chi connectivity index (χ3v) is 3.65. The van der Waals surface area contributed by atoms with Gasteiger partial charge in [-0.25, -0.2) is 0 Å². The first-order valence-corrected chi connectivity index (χ1v) is 9.19. The molecule has 2 N–H and O–H groups in total.